The zero-order valence-corrected chi connectivity index (χ0v) is 15.6. The molecule has 0 saturated carbocycles. The SMILES string of the molecule is CCC(N)CCCc1ccc(OCC(C)C)c(OCC(C)C)c1. The van der Waals surface area contributed by atoms with Crippen molar-refractivity contribution >= 4 is 0 Å². The first-order valence-electron chi connectivity index (χ1n) is 9.06. The highest BCUT2D eigenvalue weighted by molar-refractivity contribution is 5.43. The smallest absolute Gasteiger partial charge is 0.161 e. The van der Waals surface area contributed by atoms with Gasteiger partial charge >= 0.3 is 0 Å². The first kappa shape index (κ1) is 19.8. The molecule has 0 spiro atoms. The molecule has 0 radical (unpaired) electrons. The van der Waals surface area contributed by atoms with Gasteiger partial charge in [0.05, 0.1) is 13.2 Å². The largest absolute Gasteiger partial charge is 0.489 e. The molecular weight excluding hydrogens is 286 g/mol. The minimum atomic E-state index is 0.320. The second-order valence-corrected chi connectivity index (χ2v) is 7.25. The maximum Gasteiger partial charge on any atom is 0.161 e. The van der Waals surface area contributed by atoms with Crippen LogP contribution in [-0.2, 0) is 6.42 Å². The molecule has 0 heterocycles. The van der Waals surface area contributed by atoms with Crippen LogP contribution < -0.4 is 15.2 Å². The average Bonchev–Trinajstić information content (AvgIpc) is 2.51. The van der Waals surface area contributed by atoms with Crippen molar-refractivity contribution in [2.75, 3.05) is 13.2 Å². The molecule has 1 aromatic carbocycles. The summed E-state index contributed by atoms with van der Waals surface area (Å²) < 4.78 is 11.9. The molecule has 0 aliphatic rings. The van der Waals surface area contributed by atoms with Crippen molar-refractivity contribution in [1.29, 1.82) is 0 Å². The molecule has 0 saturated heterocycles. The highest BCUT2D eigenvalue weighted by atomic mass is 16.5. The van der Waals surface area contributed by atoms with Crippen molar-refractivity contribution in [1.82, 2.24) is 0 Å². The molecule has 3 nitrogen and oxygen atoms in total. The molecule has 0 fully saturated rings. The highest BCUT2D eigenvalue weighted by Gasteiger charge is 2.09. The summed E-state index contributed by atoms with van der Waals surface area (Å²) in [4.78, 5) is 0. The molecule has 0 aromatic heterocycles. The predicted octanol–water partition coefficient (Wildman–Crippen LogP) is 4.82. The molecule has 0 amide bonds. The second kappa shape index (κ2) is 10.5. The van der Waals surface area contributed by atoms with Crippen molar-refractivity contribution < 1.29 is 9.47 Å². The summed E-state index contributed by atoms with van der Waals surface area (Å²) in [5, 5.41) is 0. The van der Waals surface area contributed by atoms with E-state index in [9.17, 15) is 0 Å². The zero-order valence-electron chi connectivity index (χ0n) is 15.6. The van der Waals surface area contributed by atoms with E-state index in [0.29, 0.717) is 31.1 Å². The van der Waals surface area contributed by atoms with E-state index in [1.165, 1.54) is 5.56 Å². The van der Waals surface area contributed by atoms with Crippen LogP contribution in [0.5, 0.6) is 11.5 Å². The lowest BCUT2D eigenvalue weighted by Gasteiger charge is -2.16. The quantitative estimate of drug-likeness (QED) is 0.635. The van der Waals surface area contributed by atoms with Gasteiger partial charge in [-0.1, -0.05) is 40.7 Å². The van der Waals surface area contributed by atoms with Crippen LogP contribution in [0.2, 0.25) is 0 Å². The lowest BCUT2D eigenvalue weighted by molar-refractivity contribution is 0.229. The fraction of sp³-hybridized carbons (Fsp3) is 0.700. The average molecular weight is 322 g/mol. The summed E-state index contributed by atoms with van der Waals surface area (Å²) in [6.07, 6.45) is 4.27. The van der Waals surface area contributed by atoms with Crippen LogP contribution in [0, 0.1) is 11.8 Å². The van der Waals surface area contributed by atoms with Crippen LogP contribution in [0.3, 0.4) is 0 Å². The Morgan fingerprint density at radius 3 is 2.13 bits per heavy atom. The number of ether oxygens (including phenoxy) is 2. The van der Waals surface area contributed by atoms with Gasteiger partial charge in [0.2, 0.25) is 0 Å². The van der Waals surface area contributed by atoms with Gasteiger partial charge < -0.3 is 15.2 Å². The third-order valence-corrected chi connectivity index (χ3v) is 3.72. The van der Waals surface area contributed by atoms with E-state index in [4.69, 9.17) is 15.2 Å². The van der Waals surface area contributed by atoms with Crippen LogP contribution in [0.15, 0.2) is 18.2 Å². The summed E-state index contributed by atoms with van der Waals surface area (Å²) in [6.45, 7) is 12.2. The maximum absolute atomic E-state index is 6.00. The van der Waals surface area contributed by atoms with Crippen molar-refractivity contribution in [3.63, 3.8) is 0 Å². The summed E-state index contributed by atoms with van der Waals surface area (Å²) in [7, 11) is 0. The van der Waals surface area contributed by atoms with E-state index >= 15 is 0 Å². The minimum absolute atomic E-state index is 0.320. The molecule has 23 heavy (non-hydrogen) atoms. The van der Waals surface area contributed by atoms with Crippen LogP contribution in [0.25, 0.3) is 0 Å². The molecule has 132 valence electrons. The van der Waals surface area contributed by atoms with Gasteiger partial charge in [-0.2, -0.15) is 0 Å². The Hall–Kier alpha value is -1.22. The lowest BCUT2D eigenvalue weighted by Crippen LogP contribution is -2.18. The lowest BCUT2D eigenvalue weighted by atomic mass is 10.0. The Kier molecular flexibility index (Phi) is 9.08. The van der Waals surface area contributed by atoms with Crippen molar-refractivity contribution in [2.24, 2.45) is 17.6 Å². The molecule has 0 bridgehead atoms. The van der Waals surface area contributed by atoms with Crippen molar-refractivity contribution in [3.8, 4) is 11.5 Å². The molecule has 3 heteroatoms. The van der Waals surface area contributed by atoms with Crippen LogP contribution >= 0.6 is 0 Å². The number of nitrogens with two attached hydrogens (primary N) is 1. The third kappa shape index (κ3) is 8.26. The molecular formula is C20H35NO2. The Morgan fingerprint density at radius 2 is 1.57 bits per heavy atom. The molecule has 2 N–H and O–H groups in total. The Morgan fingerprint density at radius 1 is 0.957 bits per heavy atom. The van der Waals surface area contributed by atoms with E-state index in [-0.39, 0.29) is 0 Å². The van der Waals surface area contributed by atoms with Gasteiger partial charge in [-0.3, -0.25) is 0 Å². The standard InChI is InChI=1S/C20H35NO2/c1-6-18(21)9-7-8-17-10-11-19(22-13-15(2)3)20(12-17)23-14-16(4)5/h10-12,15-16,18H,6-9,13-14,21H2,1-5H3. The molecule has 1 aromatic rings. The van der Waals surface area contributed by atoms with Gasteiger partial charge in [0, 0.05) is 6.04 Å². The Labute approximate surface area is 142 Å². The molecule has 1 rings (SSSR count). The zero-order chi connectivity index (χ0) is 17.2. The fourth-order valence-corrected chi connectivity index (χ4v) is 2.23. The molecule has 0 aliphatic carbocycles. The third-order valence-electron chi connectivity index (χ3n) is 3.72. The summed E-state index contributed by atoms with van der Waals surface area (Å²) in [5.41, 5.74) is 7.29. The van der Waals surface area contributed by atoms with Crippen LogP contribution in [0.1, 0.15) is 59.4 Å². The van der Waals surface area contributed by atoms with Gasteiger partial charge in [-0.15, -0.1) is 0 Å². The van der Waals surface area contributed by atoms with Gasteiger partial charge in [0.1, 0.15) is 0 Å². The summed E-state index contributed by atoms with van der Waals surface area (Å²) in [5.74, 6) is 2.73. The first-order chi connectivity index (χ1) is 10.9. The van der Waals surface area contributed by atoms with E-state index in [2.05, 4.69) is 46.8 Å². The predicted molar refractivity (Wildman–Crippen MR) is 98.3 cm³/mol. The molecule has 1 unspecified atom stereocenters. The van der Waals surface area contributed by atoms with Gasteiger partial charge in [0.25, 0.3) is 0 Å². The summed E-state index contributed by atoms with van der Waals surface area (Å²) >= 11 is 0. The van der Waals surface area contributed by atoms with Gasteiger partial charge in [0.15, 0.2) is 11.5 Å². The fourth-order valence-electron chi connectivity index (χ4n) is 2.23. The Bertz CT molecular complexity index is 443. The normalized spacial score (nSPS) is 12.7. The number of hydrogen-bond donors (Lipinski definition) is 1. The van der Waals surface area contributed by atoms with E-state index < -0.39 is 0 Å². The maximum atomic E-state index is 6.00. The number of hydrogen-bond acceptors (Lipinski definition) is 3. The van der Waals surface area contributed by atoms with Crippen LogP contribution in [0.4, 0.5) is 0 Å². The van der Waals surface area contributed by atoms with E-state index in [1.54, 1.807) is 0 Å². The van der Waals surface area contributed by atoms with Crippen molar-refractivity contribution in [2.45, 2.75) is 66.3 Å². The highest BCUT2D eigenvalue weighted by Crippen LogP contribution is 2.30. The monoisotopic (exact) mass is 321 g/mol. The topological polar surface area (TPSA) is 44.5 Å². The first-order valence-corrected chi connectivity index (χ1v) is 9.06. The summed E-state index contributed by atoms with van der Waals surface area (Å²) in [6, 6.07) is 6.65. The number of aryl methyl sites for hydroxylation is 1. The van der Waals surface area contributed by atoms with E-state index in [1.807, 2.05) is 6.07 Å². The number of rotatable bonds is 11. The second-order valence-electron chi connectivity index (χ2n) is 7.25. The van der Waals surface area contributed by atoms with Crippen molar-refractivity contribution in [3.05, 3.63) is 23.8 Å². The van der Waals surface area contributed by atoms with E-state index in [0.717, 1.165) is 37.2 Å². The Balaban J connectivity index is 2.71. The van der Waals surface area contributed by atoms with Crippen LogP contribution in [-0.4, -0.2) is 19.3 Å². The number of benzene rings is 1. The van der Waals surface area contributed by atoms with Gasteiger partial charge in [-0.25, -0.2) is 0 Å². The van der Waals surface area contributed by atoms with Gasteiger partial charge in [-0.05, 0) is 55.2 Å². The minimum Gasteiger partial charge on any atom is -0.489 e. The molecule has 0 aliphatic heterocycles. The molecule has 1 atom stereocenters.